The van der Waals surface area contributed by atoms with Gasteiger partial charge in [-0.2, -0.15) is 0 Å². The summed E-state index contributed by atoms with van der Waals surface area (Å²) in [5.41, 5.74) is 1.51. The third-order valence-electron chi connectivity index (χ3n) is 2.92. The van der Waals surface area contributed by atoms with Crippen molar-refractivity contribution < 1.29 is 4.39 Å². The van der Waals surface area contributed by atoms with Gasteiger partial charge < -0.3 is 5.32 Å². The number of likely N-dealkylation sites (N-methyl/N-ethyl adjacent to an activating group) is 1. The topological polar surface area (TPSA) is 24.9 Å². The summed E-state index contributed by atoms with van der Waals surface area (Å²) in [6.07, 6.45) is 2.37. The maximum Gasteiger partial charge on any atom is 0.128 e. The maximum atomic E-state index is 13.9. The summed E-state index contributed by atoms with van der Waals surface area (Å²) in [6.45, 7) is 2.75. The minimum absolute atomic E-state index is 0.126. The van der Waals surface area contributed by atoms with E-state index in [2.05, 4.69) is 10.3 Å². The minimum Gasteiger partial charge on any atom is -0.310 e. The molecule has 19 heavy (non-hydrogen) atoms. The second-order valence-corrected chi connectivity index (χ2v) is 4.74. The number of benzene rings is 1. The molecule has 0 bridgehead atoms. The van der Waals surface area contributed by atoms with Gasteiger partial charge in [0.05, 0.1) is 0 Å². The Morgan fingerprint density at radius 2 is 2.16 bits per heavy atom. The van der Waals surface area contributed by atoms with Crippen LogP contribution in [0.5, 0.6) is 0 Å². The zero-order valence-corrected chi connectivity index (χ0v) is 11.5. The van der Waals surface area contributed by atoms with E-state index in [-0.39, 0.29) is 11.9 Å². The van der Waals surface area contributed by atoms with Crippen molar-refractivity contribution in [3.8, 4) is 0 Å². The molecule has 0 amide bonds. The number of aromatic nitrogens is 1. The first-order chi connectivity index (χ1) is 9.20. The Kier molecular flexibility index (Phi) is 4.88. The first kappa shape index (κ1) is 14.0. The molecule has 0 saturated carbocycles. The number of nitrogens with one attached hydrogen (secondary N) is 1. The van der Waals surface area contributed by atoms with Crippen molar-refractivity contribution in [3.05, 3.63) is 64.7 Å². The number of nitrogens with zero attached hydrogens (tertiary/aromatic N) is 1. The first-order valence-corrected chi connectivity index (χ1v) is 6.66. The summed E-state index contributed by atoms with van der Waals surface area (Å²) in [5.74, 6) is -0.244. The quantitative estimate of drug-likeness (QED) is 0.901. The molecule has 1 heterocycles. The molecule has 1 N–H and O–H groups in total. The Balaban J connectivity index is 2.27. The second kappa shape index (κ2) is 6.64. The smallest absolute Gasteiger partial charge is 0.128 e. The van der Waals surface area contributed by atoms with E-state index in [1.54, 1.807) is 18.3 Å². The molecule has 100 valence electrons. The molecule has 0 fully saturated rings. The third-order valence-corrected chi connectivity index (χ3v) is 3.16. The van der Waals surface area contributed by atoms with Crippen molar-refractivity contribution in [2.45, 2.75) is 19.4 Å². The van der Waals surface area contributed by atoms with Gasteiger partial charge >= 0.3 is 0 Å². The van der Waals surface area contributed by atoms with Crippen molar-refractivity contribution in [2.24, 2.45) is 0 Å². The molecule has 0 radical (unpaired) electrons. The second-order valence-electron chi connectivity index (χ2n) is 4.30. The first-order valence-electron chi connectivity index (χ1n) is 6.29. The van der Waals surface area contributed by atoms with Gasteiger partial charge in [0.25, 0.3) is 0 Å². The van der Waals surface area contributed by atoms with Gasteiger partial charge in [0.1, 0.15) is 5.82 Å². The van der Waals surface area contributed by atoms with Crippen LogP contribution in [0.3, 0.4) is 0 Å². The van der Waals surface area contributed by atoms with E-state index in [0.29, 0.717) is 17.0 Å². The molecule has 2 nitrogen and oxygen atoms in total. The van der Waals surface area contributed by atoms with Crippen molar-refractivity contribution in [1.29, 1.82) is 0 Å². The third kappa shape index (κ3) is 3.75. The Hall–Kier alpha value is -1.45. The van der Waals surface area contributed by atoms with Gasteiger partial charge in [-0.1, -0.05) is 24.6 Å². The fourth-order valence-electron chi connectivity index (χ4n) is 2.05. The molecule has 4 heteroatoms. The number of halogens is 2. The molecule has 1 unspecified atom stereocenters. The zero-order valence-electron chi connectivity index (χ0n) is 10.7. The summed E-state index contributed by atoms with van der Waals surface area (Å²) in [5, 5.41) is 3.82. The summed E-state index contributed by atoms with van der Waals surface area (Å²) < 4.78 is 13.9. The summed E-state index contributed by atoms with van der Waals surface area (Å²) in [6, 6.07) is 10.2. The van der Waals surface area contributed by atoms with Crippen LogP contribution in [-0.2, 0) is 6.42 Å². The lowest BCUT2D eigenvalue weighted by molar-refractivity contribution is 0.506. The molecule has 0 spiro atoms. The highest BCUT2D eigenvalue weighted by molar-refractivity contribution is 6.30. The van der Waals surface area contributed by atoms with Crippen LogP contribution >= 0.6 is 11.6 Å². The predicted molar refractivity (Wildman–Crippen MR) is 75.8 cm³/mol. The molecule has 1 atom stereocenters. The molecule has 1 aromatic heterocycles. The number of rotatable bonds is 5. The van der Waals surface area contributed by atoms with E-state index in [9.17, 15) is 4.39 Å². The van der Waals surface area contributed by atoms with Crippen LogP contribution in [0, 0.1) is 5.82 Å². The van der Waals surface area contributed by atoms with Crippen LogP contribution in [-0.4, -0.2) is 11.5 Å². The van der Waals surface area contributed by atoms with E-state index in [0.717, 1.165) is 12.2 Å². The number of hydrogen-bond acceptors (Lipinski definition) is 2. The average Bonchev–Trinajstić information content (AvgIpc) is 2.42. The van der Waals surface area contributed by atoms with E-state index < -0.39 is 0 Å². The van der Waals surface area contributed by atoms with Gasteiger partial charge in [0.2, 0.25) is 0 Å². The molecule has 0 saturated heterocycles. The Labute approximate surface area is 117 Å². The van der Waals surface area contributed by atoms with Gasteiger partial charge in [-0.05, 0) is 36.9 Å². The van der Waals surface area contributed by atoms with Gasteiger partial charge in [-0.15, -0.1) is 0 Å². The normalized spacial score (nSPS) is 12.4. The molecular weight excluding hydrogens is 263 g/mol. The fourth-order valence-corrected chi connectivity index (χ4v) is 2.23. The lowest BCUT2D eigenvalue weighted by atomic mass is 10.0. The monoisotopic (exact) mass is 278 g/mol. The van der Waals surface area contributed by atoms with Crippen LogP contribution in [0.2, 0.25) is 5.02 Å². The molecule has 2 rings (SSSR count). The van der Waals surface area contributed by atoms with Crippen LogP contribution in [0.25, 0.3) is 0 Å². The van der Waals surface area contributed by atoms with E-state index in [1.807, 2.05) is 25.1 Å². The molecular formula is C15H16ClFN2. The van der Waals surface area contributed by atoms with Crippen molar-refractivity contribution in [1.82, 2.24) is 10.3 Å². The highest BCUT2D eigenvalue weighted by atomic mass is 35.5. The molecule has 0 aliphatic rings. The average molecular weight is 279 g/mol. The zero-order chi connectivity index (χ0) is 13.7. The number of pyridine rings is 1. The fraction of sp³-hybridized carbons (Fsp3) is 0.267. The maximum absolute atomic E-state index is 13.9. The molecule has 1 aromatic carbocycles. The molecule has 0 aliphatic heterocycles. The summed E-state index contributed by atoms with van der Waals surface area (Å²) in [7, 11) is 0. The highest BCUT2D eigenvalue weighted by Gasteiger charge is 2.16. The van der Waals surface area contributed by atoms with E-state index >= 15 is 0 Å². The van der Waals surface area contributed by atoms with Crippen LogP contribution in [0.15, 0.2) is 42.6 Å². The van der Waals surface area contributed by atoms with Crippen molar-refractivity contribution >= 4 is 11.6 Å². The van der Waals surface area contributed by atoms with Crippen LogP contribution < -0.4 is 5.32 Å². The standard InChI is InChI=1S/C15H16ClFN2/c1-2-18-15(10-12-5-3-4-8-19-12)13-9-11(16)6-7-14(13)17/h3-9,15,18H,2,10H2,1H3. The molecule has 2 aromatic rings. The Bertz CT molecular complexity index is 531. The SMILES string of the molecule is CCNC(Cc1ccccn1)c1cc(Cl)ccc1F. The Morgan fingerprint density at radius 3 is 2.84 bits per heavy atom. The van der Waals surface area contributed by atoms with Crippen LogP contribution in [0.4, 0.5) is 4.39 Å². The van der Waals surface area contributed by atoms with Gasteiger partial charge in [-0.25, -0.2) is 4.39 Å². The van der Waals surface area contributed by atoms with E-state index in [1.165, 1.54) is 6.07 Å². The van der Waals surface area contributed by atoms with Gasteiger partial charge in [0, 0.05) is 34.9 Å². The summed E-state index contributed by atoms with van der Waals surface area (Å²) >= 11 is 5.95. The Morgan fingerprint density at radius 1 is 1.32 bits per heavy atom. The lowest BCUT2D eigenvalue weighted by Gasteiger charge is -2.19. The number of hydrogen-bond donors (Lipinski definition) is 1. The van der Waals surface area contributed by atoms with Crippen molar-refractivity contribution in [3.63, 3.8) is 0 Å². The minimum atomic E-state index is -0.244. The highest BCUT2D eigenvalue weighted by Crippen LogP contribution is 2.24. The molecule has 0 aliphatic carbocycles. The van der Waals surface area contributed by atoms with Gasteiger partial charge in [-0.3, -0.25) is 4.98 Å². The van der Waals surface area contributed by atoms with Crippen molar-refractivity contribution in [2.75, 3.05) is 6.54 Å². The largest absolute Gasteiger partial charge is 0.310 e. The van der Waals surface area contributed by atoms with Crippen LogP contribution in [0.1, 0.15) is 24.2 Å². The predicted octanol–water partition coefficient (Wildman–Crippen LogP) is 3.77. The van der Waals surface area contributed by atoms with Gasteiger partial charge in [0.15, 0.2) is 0 Å². The lowest BCUT2D eigenvalue weighted by Crippen LogP contribution is -2.24. The summed E-state index contributed by atoms with van der Waals surface area (Å²) in [4.78, 5) is 4.28. The van der Waals surface area contributed by atoms with E-state index in [4.69, 9.17) is 11.6 Å².